The van der Waals surface area contributed by atoms with Gasteiger partial charge in [0.1, 0.15) is 0 Å². The number of nitrogens with zero attached hydrogens (tertiary/aromatic N) is 1. The summed E-state index contributed by atoms with van der Waals surface area (Å²) in [6, 6.07) is 15.8. The van der Waals surface area contributed by atoms with Crippen LogP contribution in [0.3, 0.4) is 0 Å². The molecular formula is C19H37NO2Si2. The van der Waals surface area contributed by atoms with Crippen molar-refractivity contribution >= 4 is 22.5 Å². The van der Waals surface area contributed by atoms with Crippen LogP contribution in [0.25, 0.3) is 0 Å². The Kier molecular flexibility index (Phi) is 9.27. The molecule has 0 saturated heterocycles. The smallest absolute Gasteiger partial charge is 0.336 e. The maximum absolute atomic E-state index is 6.08. The average Bonchev–Trinajstić information content (AvgIpc) is 2.60. The van der Waals surface area contributed by atoms with Crippen molar-refractivity contribution in [3.63, 3.8) is 0 Å². The molecule has 0 saturated carbocycles. The van der Waals surface area contributed by atoms with Gasteiger partial charge in [-0.05, 0) is 50.7 Å². The summed E-state index contributed by atoms with van der Waals surface area (Å²) in [6.45, 7) is 16.0. The molecule has 0 bridgehead atoms. The number of para-hydroxylation sites is 1. The lowest BCUT2D eigenvalue weighted by Gasteiger charge is -2.44. The van der Waals surface area contributed by atoms with Gasteiger partial charge >= 0.3 is 8.56 Å². The minimum absolute atomic E-state index is 0.742. The molecule has 0 N–H and O–H groups in total. The van der Waals surface area contributed by atoms with Crippen LogP contribution >= 0.6 is 0 Å². The van der Waals surface area contributed by atoms with E-state index in [1.165, 1.54) is 23.8 Å². The van der Waals surface area contributed by atoms with Gasteiger partial charge in [-0.15, -0.1) is 0 Å². The van der Waals surface area contributed by atoms with Gasteiger partial charge in [-0.25, -0.2) is 0 Å². The van der Waals surface area contributed by atoms with Gasteiger partial charge < -0.3 is 13.4 Å². The van der Waals surface area contributed by atoms with E-state index in [2.05, 4.69) is 76.1 Å². The predicted octanol–water partition coefficient (Wildman–Crippen LogP) is 5.64. The first kappa shape index (κ1) is 21.4. The summed E-state index contributed by atoms with van der Waals surface area (Å²) in [5.74, 6) is 0. The maximum Gasteiger partial charge on any atom is 0.336 e. The number of hydrogen-bond acceptors (Lipinski definition) is 3. The van der Waals surface area contributed by atoms with Crippen LogP contribution in [-0.4, -0.2) is 36.6 Å². The largest absolute Gasteiger partial charge is 0.397 e. The fraction of sp³-hybridized carbons (Fsp3) is 0.684. The molecule has 0 fully saturated rings. The van der Waals surface area contributed by atoms with Crippen molar-refractivity contribution in [3.8, 4) is 0 Å². The Labute approximate surface area is 151 Å². The topological polar surface area (TPSA) is 21.7 Å². The molecule has 1 aromatic carbocycles. The highest BCUT2D eigenvalue weighted by molar-refractivity contribution is 6.83. The lowest BCUT2D eigenvalue weighted by atomic mass is 10.3. The first-order valence-electron chi connectivity index (χ1n) is 9.61. The fourth-order valence-electron chi connectivity index (χ4n) is 3.68. The van der Waals surface area contributed by atoms with E-state index in [4.69, 9.17) is 8.85 Å². The fourth-order valence-corrected chi connectivity index (χ4v) is 10.1. The third-order valence-corrected chi connectivity index (χ3v) is 13.8. The normalized spacial score (nSPS) is 12.4. The number of rotatable bonds is 12. The zero-order valence-corrected chi connectivity index (χ0v) is 18.6. The van der Waals surface area contributed by atoms with Crippen molar-refractivity contribution in [2.75, 3.05) is 24.3 Å². The van der Waals surface area contributed by atoms with Gasteiger partial charge in [0.15, 0.2) is 8.24 Å². The third kappa shape index (κ3) is 5.44. The van der Waals surface area contributed by atoms with Gasteiger partial charge in [0.25, 0.3) is 0 Å². The van der Waals surface area contributed by atoms with Crippen molar-refractivity contribution in [1.29, 1.82) is 0 Å². The number of benzene rings is 1. The third-order valence-electron chi connectivity index (χ3n) is 5.30. The molecule has 3 nitrogen and oxygen atoms in total. The van der Waals surface area contributed by atoms with Gasteiger partial charge in [0.2, 0.25) is 0 Å². The highest BCUT2D eigenvalue weighted by Gasteiger charge is 2.38. The van der Waals surface area contributed by atoms with Crippen LogP contribution in [0, 0.1) is 0 Å². The van der Waals surface area contributed by atoms with Gasteiger partial charge in [-0.1, -0.05) is 39.0 Å². The molecule has 0 spiro atoms. The van der Waals surface area contributed by atoms with Crippen molar-refractivity contribution in [2.45, 2.75) is 65.3 Å². The van der Waals surface area contributed by atoms with E-state index in [-0.39, 0.29) is 0 Å². The van der Waals surface area contributed by atoms with E-state index in [0.29, 0.717) is 0 Å². The second-order valence-electron chi connectivity index (χ2n) is 6.52. The van der Waals surface area contributed by atoms with Crippen LogP contribution in [0.4, 0.5) is 5.69 Å². The van der Waals surface area contributed by atoms with Crippen molar-refractivity contribution in [3.05, 3.63) is 30.3 Å². The van der Waals surface area contributed by atoms with E-state index >= 15 is 0 Å². The Morgan fingerprint density at radius 3 is 1.75 bits per heavy atom. The molecule has 0 radical (unpaired) electrons. The van der Waals surface area contributed by atoms with Crippen LogP contribution in [0.1, 0.15) is 34.6 Å². The molecule has 0 unspecified atom stereocenters. The minimum Gasteiger partial charge on any atom is -0.397 e. The maximum atomic E-state index is 6.08. The van der Waals surface area contributed by atoms with Crippen LogP contribution in [0.5, 0.6) is 0 Å². The summed E-state index contributed by atoms with van der Waals surface area (Å²) in [6.07, 6.45) is 0. The molecule has 24 heavy (non-hydrogen) atoms. The summed E-state index contributed by atoms with van der Waals surface area (Å²) >= 11 is 0. The quantitative estimate of drug-likeness (QED) is 0.446. The second kappa shape index (κ2) is 10.4. The first-order valence-corrected chi connectivity index (χ1v) is 14.7. The van der Waals surface area contributed by atoms with E-state index < -0.39 is 16.8 Å². The van der Waals surface area contributed by atoms with E-state index in [1.807, 2.05) is 0 Å². The highest BCUT2D eigenvalue weighted by atomic mass is 28.4. The molecule has 0 aromatic heterocycles. The molecule has 0 atom stereocenters. The first-order chi connectivity index (χ1) is 11.5. The van der Waals surface area contributed by atoms with E-state index in [9.17, 15) is 0 Å². The Balaban J connectivity index is 3.06. The molecule has 1 aromatic rings. The predicted molar refractivity (Wildman–Crippen MR) is 111 cm³/mol. The standard InChI is InChI=1S/C19H37NO2Si2/c1-7-21-23(6,22-8-2)18-17-20(19-15-13-12-14-16-19)24(9-3,10-4)11-5/h12-16H,7-11,17-18H2,1-6H3. The summed E-state index contributed by atoms with van der Waals surface area (Å²) < 4.78 is 14.9. The van der Waals surface area contributed by atoms with Gasteiger partial charge in [-0.3, -0.25) is 0 Å². The van der Waals surface area contributed by atoms with Crippen molar-refractivity contribution < 1.29 is 8.85 Å². The molecule has 1 rings (SSSR count). The van der Waals surface area contributed by atoms with Crippen LogP contribution in [0.15, 0.2) is 30.3 Å². The molecule has 0 aliphatic carbocycles. The lowest BCUT2D eigenvalue weighted by molar-refractivity contribution is 0.189. The van der Waals surface area contributed by atoms with E-state index in [1.54, 1.807) is 0 Å². The van der Waals surface area contributed by atoms with Gasteiger partial charge in [0.05, 0.1) is 0 Å². The van der Waals surface area contributed by atoms with Crippen LogP contribution < -0.4 is 4.57 Å². The van der Waals surface area contributed by atoms with Crippen molar-refractivity contribution in [2.24, 2.45) is 0 Å². The van der Waals surface area contributed by atoms with Gasteiger partial charge in [0, 0.05) is 31.5 Å². The Hall–Kier alpha value is -0.626. The lowest BCUT2D eigenvalue weighted by Crippen LogP contribution is -2.55. The van der Waals surface area contributed by atoms with Crippen LogP contribution in [0.2, 0.25) is 30.7 Å². The monoisotopic (exact) mass is 367 g/mol. The van der Waals surface area contributed by atoms with Crippen LogP contribution in [-0.2, 0) is 8.85 Å². The Morgan fingerprint density at radius 1 is 0.833 bits per heavy atom. The zero-order valence-electron chi connectivity index (χ0n) is 16.6. The second-order valence-corrected chi connectivity index (χ2v) is 15.0. The minimum atomic E-state index is -2.08. The summed E-state index contributed by atoms with van der Waals surface area (Å²) in [5.41, 5.74) is 1.37. The zero-order chi connectivity index (χ0) is 18.1. The highest BCUT2D eigenvalue weighted by Crippen LogP contribution is 2.31. The average molecular weight is 368 g/mol. The Bertz CT molecular complexity index is 438. The molecular weight excluding hydrogens is 330 g/mol. The summed E-state index contributed by atoms with van der Waals surface area (Å²) in [4.78, 5) is 0. The molecule has 0 heterocycles. The van der Waals surface area contributed by atoms with Crippen molar-refractivity contribution in [1.82, 2.24) is 0 Å². The van der Waals surface area contributed by atoms with E-state index in [0.717, 1.165) is 25.8 Å². The molecule has 138 valence electrons. The van der Waals surface area contributed by atoms with Gasteiger partial charge in [-0.2, -0.15) is 0 Å². The molecule has 0 aliphatic heterocycles. The summed E-state index contributed by atoms with van der Waals surface area (Å²) in [5, 5.41) is 0. The molecule has 0 amide bonds. The summed E-state index contributed by atoms with van der Waals surface area (Å²) in [7, 11) is -3.57. The SMILES string of the molecule is CCO[Si](C)(CCN(c1ccccc1)[Si](CC)(CC)CC)OCC. The molecule has 5 heteroatoms. The number of anilines is 1. The molecule has 0 aliphatic rings. The Morgan fingerprint density at radius 2 is 1.33 bits per heavy atom. The number of hydrogen-bond donors (Lipinski definition) is 0.